The standard InChI is InChI=1S/C43H27N3OS/c1-2-11-26(12-3-1)41-44-42(27-21-22-32-31-15-7-9-20-38(31)48-39(32)25-27)46-43(45-41)34-24-23-30(28-13-4-5-14-29(28)34)33-17-10-19-37-40(33)35-16-6-8-18-36(35)47-37/h1-25,37,40H. The molecule has 1 aliphatic carbocycles. The van der Waals surface area contributed by atoms with Gasteiger partial charge in [-0.3, -0.25) is 0 Å². The van der Waals surface area contributed by atoms with Crippen LogP contribution in [0.5, 0.6) is 5.75 Å². The molecule has 8 aromatic rings. The van der Waals surface area contributed by atoms with Gasteiger partial charge in [-0.2, -0.15) is 0 Å². The van der Waals surface area contributed by atoms with Crippen LogP contribution in [0.4, 0.5) is 0 Å². The van der Waals surface area contributed by atoms with E-state index in [4.69, 9.17) is 19.7 Å². The number of hydrogen-bond donors (Lipinski definition) is 0. The zero-order chi connectivity index (χ0) is 31.6. The van der Waals surface area contributed by atoms with Gasteiger partial charge in [-0.25, -0.2) is 15.0 Å². The highest BCUT2D eigenvalue weighted by atomic mass is 32.1. The van der Waals surface area contributed by atoms with Crippen LogP contribution in [-0.4, -0.2) is 21.1 Å². The first-order valence-electron chi connectivity index (χ1n) is 16.2. The van der Waals surface area contributed by atoms with Crippen molar-refractivity contribution >= 4 is 47.9 Å². The van der Waals surface area contributed by atoms with Crippen molar-refractivity contribution in [3.05, 3.63) is 163 Å². The molecule has 0 amide bonds. The van der Waals surface area contributed by atoms with Gasteiger partial charge in [0.2, 0.25) is 0 Å². The molecule has 2 aliphatic rings. The van der Waals surface area contributed by atoms with E-state index in [9.17, 15) is 0 Å². The van der Waals surface area contributed by atoms with Crippen LogP contribution in [0.15, 0.2) is 152 Å². The lowest BCUT2D eigenvalue weighted by Crippen LogP contribution is -2.19. The summed E-state index contributed by atoms with van der Waals surface area (Å²) in [5.74, 6) is 3.07. The highest BCUT2D eigenvalue weighted by molar-refractivity contribution is 7.25. The number of aromatic nitrogens is 3. The Morgan fingerprint density at radius 1 is 0.521 bits per heavy atom. The monoisotopic (exact) mass is 633 g/mol. The Morgan fingerprint density at radius 3 is 2.06 bits per heavy atom. The summed E-state index contributed by atoms with van der Waals surface area (Å²) in [6.07, 6.45) is 6.52. The van der Waals surface area contributed by atoms with Crippen molar-refractivity contribution < 1.29 is 4.74 Å². The molecule has 2 aromatic heterocycles. The van der Waals surface area contributed by atoms with E-state index in [-0.39, 0.29) is 12.0 Å². The number of para-hydroxylation sites is 1. The summed E-state index contributed by atoms with van der Waals surface area (Å²) in [5, 5.41) is 4.79. The molecule has 4 nitrogen and oxygen atoms in total. The van der Waals surface area contributed by atoms with Crippen LogP contribution in [0.25, 0.3) is 70.7 Å². The third-order valence-electron chi connectivity index (χ3n) is 9.54. The van der Waals surface area contributed by atoms with Crippen molar-refractivity contribution in [1.29, 1.82) is 0 Å². The van der Waals surface area contributed by atoms with Gasteiger partial charge in [0.05, 0.1) is 5.92 Å². The van der Waals surface area contributed by atoms with Gasteiger partial charge in [0, 0.05) is 42.4 Å². The fourth-order valence-corrected chi connectivity index (χ4v) is 8.46. The molecule has 0 saturated carbocycles. The predicted molar refractivity (Wildman–Crippen MR) is 197 cm³/mol. The molecule has 3 heterocycles. The minimum Gasteiger partial charge on any atom is -0.485 e. The molecule has 48 heavy (non-hydrogen) atoms. The van der Waals surface area contributed by atoms with E-state index in [1.807, 2.05) is 24.3 Å². The number of fused-ring (bicyclic) bond motifs is 7. The van der Waals surface area contributed by atoms with Crippen molar-refractivity contribution in [3.63, 3.8) is 0 Å². The molecular weight excluding hydrogens is 607 g/mol. The van der Waals surface area contributed by atoms with Gasteiger partial charge < -0.3 is 4.74 Å². The molecule has 0 spiro atoms. The SMILES string of the molecule is C1=CC2Oc3ccccc3C2C(c2ccc(-c3nc(-c4ccccc4)nc(-c4ccc5c(c4)sc4ccccc45)n3)c3ccccc23)=C1. The fraction of sp³-hybridized carbons (Fsp3) is 0.0465. The van der Waals surface area contributed by atoms with Crippen LogP contribution in [0.1, 0.15) is 17.0 Å². The smallest absolute Gasteiger partial charge is 0.164 e. The van der Waals surface area contributed by atoms with Gasteiger partial charge in [-0.05, 0) is 52.3 Å². The molecule has 226 valence electrons. The van der Waals surface area contributed by atoms with Crippen LogP contribution in [-0.2, 0) is 0 Å². The highest BCUT2D eigenvalue weighted by Gasteiger charge is 2.37. The first-order valence-corrected chi connectivity index (χ1v) is 17.0. The van der Waals surface area contributed by atoms with E-state index in [0.717, 1.165) is 33.2 Å². The van der Waals surface area contributed by atoms with Crippen molar-refractivity contribution in [3.8, 4) is 39.9 Å². The summed E-state index contributed by atoms with van der Waals surface area (Å²) >= 11 is 1.80. The van der Waals surface area contributed by atoms with Gasteiger partial charge >= 0.3 is 0 Å². The molecular formula is C43H27N3OS. The van der Waals surface area contributed by atoms with E-state index in [0.29, 0.717) is 17.5 Å². The lowest BCUT2D eigenvalue weighted by atomic mass is 9.79. The zero-order valence-corrected chi connectivity index (χ0v) is 26.6. The number of hydrogen-bond acceptors (Lipinski definition) is 5. The first kappa shape index (κ1) is 27.2. The third kappa shape index (κ3) is 4.32. The Kier molecular flexibility index (Phi) is 6.14. The predicted octanol–water partition coefficient (Wildman–Crippen LogP) is 10.9. The lowest BCUT2D eigenvalue weighted by Gasteiger charge is -2.24. The molecule has 5 heteroatoms. The number of nitrogens with zero attached hydrogens (tertiary/aromatic N) is 3. The van der Waals surface area contributed by atoms with Crippen molar-refractivity contribution in [2.45, 2.75) is 12.0 Å². The first-order chi connectivity index (χ1) is 23.8. The summed E-state index contributed by atoms with van der Waals surface area (Å²) in [5.41, 5.74) is 6.59. The molecule has 2 unspecified atom stereocenters. The van der Waals surface area contributed by atoms with Gasteiger partial charge in [0.1, 0.15) is 11.9 Å². The number of allylic oxidation sites excluding steroid dienone is 2. The van der Waals surface area contributed by atoms with E-state index in [1.54, 1.807) is 11.3 Å². The minimum absolute atomic E-state index is 0.0152. The Labute approximate surface area is 281 Å². The molecule has 0 bridgehead atoms. The van der Waals surface area contributed by atoms with Crippen molar-refractivity contribution in [1.82, 2.24) is 15.0 Å². The molecule has 0 fully saturated rings. The van der Waals surface area contributed by atoms with Crippen LogP contribution < -0.4 is 4.74 Å². The summed E-state index contributed by atoms with van der Waals surface area (Å²) < 4.78 is 8.87. The van der Waals surface area contributed by atoms with E-state index in [1.165, 1.54) is 36.9 Å². The summed E-state index contributed by atoms with van der Waals surface area (Å²) in [7, 11) is 0. The van der Waals surface area contributed by atoms with Crippen LogP contribution >= 0.6 is 11.3 Å². The molecule has 6 aromatic carbocycles. The maximum atomic E-state index is 6.37. The molecule has 0 radical (unpaired) electrons. The largest absolute Gasteiger partial charge is 0.485 e. The average molecular weight is 634 g/mol. The van der Waals surface area contributed by atoms with E-state index < -0.39 is 0 Å². The second kappa shape index (κ2) is 10.8. The van der Waals surface area contributed by atoms with Crippen molar-refractivity contribution in [2.75, 3.05) is 0 Å². The molecule has 10 rings (SSSR count). The van der Waals surface area contributed by atoms with Gasteiger partial charge in [-0.15, -0.1) is 11.3 Å². The quantitative estimate of drug-likeness (QED) is 0.193. The zero-order valence-electron chi connectivity index (χ0n) is 25.7. The van der Waals surface area contributed by atoms with Crippen molar-refractivity contribution in [2.24, 2.45) is 0 Å². The molecule has 2 atom stereocenters. The number of thiophene rings is 1. The summed E-state index contributed by atoms with van der Waals surface area (Å²) in [4.78, 5) is 15.3. The second-order valence-electron chi connectivity index (χ2n) is 12.3. The number of benzene rings is 6. The Bertz CT molecular complexity index is 2620. The highest BCUT2D eigenvalue weighted by Crippen LogP contribution is 2.49. The molecule has 1 aliphatic heterocycles. The van der Waals surface area contributed by atoms with Gasteiger partial charge in [-0.1, -0.05) is 121 Å². The minimum atomic E-state index is -0.0152. The van der Waals surface area contributed by atoms with Crippen LogP contribution in [0.2, 0.25) is 0 Å². The Morgan fingerprint density at radius 2 is 1.19 bits per heavy atom. The molecule has 0 saturated heterocycles. The topological polar surface area (TPSA) is 47.9 Å². The maximum absolute atomic E-state index is 6.37. The Hall–Kier alpha value is -5.91. The summed E-state index contributed by atoms with van der Waals surface area (Å²) in [6.45, 7) is 0. The second-order valence-corrected chi connectivity index (χ2v) is 13.4. The van der Waals surface area contributed by atoms with Crippen LogP contribution in [0.3, 0.4) is 0 Å². The van der Waals surface area contributed by atoms with E-state index >= 15 is 0 Å². The van der Waals surface area contributed by atoms with E-state index in [2.05, 4.69) is 127 Å². The Balaban J connectivity index is 1.15. The normalized spacial score (nSPS) is 16.5. The fourth-order valence-electron chi connectivity index (χ4n) is 7.31. The summed E-state index contributed by atoms with van der Waals surface area (Å²) in [6, 6.07) is 46.7. The van der Waals surface area contributed by atoms with Gasteiger partial charge in [0.25, 0.3) is 0 Å². The third-order valence-corrected chi connectivity index (χ3v) is 10.7. The van der Waals surface area contributed by atoms with Gasteiger partial charge in [0.15, 0.2) is 17.5 Å². The maximum Gasteiger partial charge on any atom is 0.164 e. The number of rotatable bonds is 4. The van der Waals surface area contributed by atoms with Crippen LogP contribution in [0, 0.1) is 0 Å². The number of ether oxygens (including phenoxy) is 1. The average Bonchev–Trinajstić information content (AvgIpc) is 3.73. The lowest BCUT2D eigenvalue weighted by molar-refractivity contribution is 0.271. The molecule has 0 N–H and O–H groups in total.